The largest absolute Gasteiger partial charge is 0.456 e. The number of hydrogen-bond donors (Lipinski definition) is 2. The van der Waals surface area contributed by atoms with E-state index >= 15 is 0 Å². The Kier molecular flexibility index (Phi) is 2.88. The van der Waals surface area contributed by atoms with Gasteiger partial charge in [0, 0.05) is 11.4 Å². The summed E-state index contributed by atoms with van der Waals surface area (Å²) < 4.78 is 5.19. The summed E-state index contributed by atoms with van der Waals surface area (Å²) in [6, 6.07) is 4.75. The van der Waals surface area contributed by atoms with Crippen molar-refractivity contribution >= 4 is 17.3 Å². The first-order chi connectivity index (χ1) is 6.79. The molecule has 0 aliphatic heterocycles. The molecule has 0 unspecified atom stereocenters. The van der Waals surface area contributed by atoms with Gasteiger partial charge in [0.05, 0.1) is 5.56 Å². The molecule has 0 bridgehead atoms. The van der Waals surface area contributed by atoms with E-state index in [1.54, 1.807) is 32.9 Å². The van der Waals surface area contributed by atoms with Gasteiger partial charge in [-0.1, -0.05) is 0 Å². The molecule has 0 heterocycles. The molecule has 0 fully saturated rings. The molecule has 82 valence electrons. The lowest BCUT2D eigenvalue weighted by molar-refractivity contribution is 0.00709. The van der Waals surface area contributed by atoms with Crippen LogP contribution in [-0.2, 0) is 4.74 Å². The van der Waals surface area contributed by atoms with Crippen LogP contribution in [0.1, 0.15) is 31.1 Å². The summed E-state index contributed by atoms with van der Waals surface area (Å²) >= 11 is 0. The molecule has 0 aliphatic rings. The first-order valence-electron chi connectivity index (χ1n) is 4.68. The molecular formula is C11H16N2O2. The summed E-state index contributed by atoms with van der Waals surface area (Å²) in [5.74, 6) is -0.452. The fraction of sp³-hybridized carbons (Fsp3) is 0.364. The van der Waals surface area contributed by atoms with E-state index in [4.69, 9.17) is 16.2 Å². The van der Waals surface area contributed by atoms with Crippen LogP contribution in [-0.4, -0.2) is 11.6 Å². The van der Waals surface area contributed by atoms with Crippen LogP contribution < -0.4 is 11.5 Å². The monoisotopic (exact) mass is 208 g/mol. The number of carbonyl (C=O) groups excluding carboxylic acids is 1. The normalized spacial score (nSPS) is 11.1. The Bertz CT molecular complexity index is 381. The van der Waals surface area contributed by atoms with Crippen molar-refractivity contribution in [1.82, 2.24) is 0 Å². The molecule has 15 heavy (non-hydrogen) atoms. The summed E-state index contributed by atoms with van der Waals surface area (Å²) in [6.45, 7) is 5.40. The van der Waals surface area contributed by atoms with Gasteiger partial charge >= 0.3 is 5.97 Å². The van der Waals surface area contributed by atoms with Gasteiger partial charge in [0.2, 0.25) is 0 Å². The standard InChI is InChI=1S/C11H16N2O2/c1-11(2,3)15-10(14)8-6-7(12)4-5-9(8)13/h4-6H,12-13H2,1-3H3. The van der Waals surface area contributed by atoms with E-state index in [0.717, 1.165) is 0 Å². The van der Waals surface area contributed by atoms with Gasteiger partial charge in [-0.2, -0.15) is 0 Å². The molecular weight excluding hydrogens is 192 g/mol. The van der Waals surface area contributed by atoms with Crippen LogP contribution in [0.25, 0.3) is 0 Å². The van der Waals surface area contributed by atoms with Gasteiger partial charge < -0.3 is 16.2 Å². The van der Waals surface area contributed by atoms with E-state index in [0.29, 0.717) is 16.9 Å². The zero-order valence-electron chi connectivity index (χ0n) is 9.20. The number of carbonyl (C=O) groups is 1. The Morgan fingerprint density at radius 3 is 2.40 bits per heavy atom. The van der Waals surface area contributed by atoms with Crippen LogP contribution in [0.15, 0.2) is 18.2 Å². The predicted octanol–water partition coefficient (Wildman–Crippen LogP) is 1.81. The molecule has 4 heteroatoms. The van der Waals surface area contributed by atoms with E-state index < -0.39 is 11.6 Å². The molecule has 0 saturated carbocycles. The minimum absolute atomic E-state index is 0.310. The summed E-state index contributed by atoms with van der Waals surface area (Å²) in [6.07, 6.45) is 0. The van der Waals surface area contributed by atoms with Crippen LogP contribution in [0.5, 0.6) is 0 Å². The van der Waals surface area contributed by atoms with Crippen molar-refractivity contribution in [2.45, 2.75) is 26.4 Å². The minimum Gasteiger partial charge on any atom is -0.456 e. The zero-order chi connectivity index (χ0) is 11.6. The Balaban J connectivity index is 2.96. The maximum Gasteiger partial charge on any atom is 0.340 e. The fourth-order valence-electron chi connectivity index (χ4n) is 1.08. The maximum atomic E-state index is 11.7. The lowest BCUT2D eigenvalue weighted by Crippen LogP contribution is -2.24. The lowest BCUT2D eigenvalue weighted by atomic mass is 10.1. The molecule has 1 aromatic carbocycles. The SMILES string of the molecule is CC(C)(C)OC(=O)c1cc(N)ccc1N. The number of hydrogen-bond acceptors (Lipinski definition) is 4. The molecule has 0 radical (unpaired) electrons. The van der Waals surface area contributed by atoms with Crippen molar-refractivity contribution < 1.29 is 9.53 Å². The van der Waals surface area contributed by atoms with Gasteiger partial charge in [-0.05, 0) is 39.0 Å². The summed E-state index contributed by atoms with van der Waals surface area (Å²) in [5, 5.41) is 0. The van der Waals surface area contributed by atoms with Gasteiger partial charge in [-0.25, -0.2) is 4.79 Å². The smallest absolute Gasteiger partial charge is 0.340 e. The lowest BCUT2D eigenvalue weighted by Gasteiger charge is -2.20. The average Bonchev–Trinajstić information content (AvgIpc) is 2.06. The number of nitrogens with two attached hydrogens (primary N) is 2. The number of ether oxygens (including phenoxy) is 1. The van der Waals surface area contributed by atoms with Crippen molar-refractivity contribution in [2.75, 3.05) is 11.5 Å². The second kappa shape index (κ2) is 3.81. The second-order valence-corrected chi connectivity index (χ2v) is 4.35. The van der Waals surface area contributed by atoms with E-state index in [1.807, 2.05) is 0 Å². The van der Waals surface area contributed by atoms with Gasteiger partial charge in [-0.3, -0.25) is 0 Å². The fourth-order valence-corrected chi connectivity index (χ4v) is 1.08. The van der Waals surface area contributed by atoms with Crippen molar-refractivity contribution in [2.24, 2.45) is 0 Å². The third-order valence-corrected chi connectivity index (χ3v) is 1.70. The molecule has 1 rings (SSSR count). The van der Waals surface area contributed by atoms with E-state index in [2.05, 4.69) is 0 Å². The molecule has 0 atom stereocenters. The quantitative estimate of drug-likeness (QED) is 0.545. The molecule has 1 aromatic rings. The average molecular weight is 208 g/mol. The minimum atomic E-state index is -0.534. The number of nitrogen functional groups attached to an aromatic ring is 2. The molecule has 0 amide bonds. The van der Waals surface area contributed by atoms with Gasteiger partial charge in [0.15, 0.2) is 0 Å². The van der Waals surface area contributed by atoms with E-state index in [9.17, 15) is 4.79 Å². The second-order valence-electron chi connectivity index (χ2n) is 4.35. The van der Waals surface area contributed by atoms with Crippen LogP contribution >= 0.6 is 0 Å². The van der Waals surface area contributed by atoms with Crippen molar-refractivity contribution in [1.29, 1.82) is 0 Å². The zero-order valence-corrected chi connectivity index (χ0v) is 9.20. The molecule has 4 nitrogen and oxygen atoms in total. The van der Waals surface area contributed by atoms with Crippen molar-refractivity contribution in [3.05, 3.63) is 23.8 Å². The number of esters is 1. The Labute approximate surface area is 89.2 Å². The molecule has 0 aliphatic carbocycles. The highest BCUT2D eigenvalue weighted by atomic mass is 16.6. The number of rotatable bonds is 1. The van der Waals surface area contributed by atoms with Gasteiger partial charge in [-0.15, -0.1) is 0 Å². The Morgan fingerprint density at radius 2 is 1.87 bits per heavy atom. The van der Waals surface area contributed by atoms with Crippen LogP contribution in [0.2, 0.25) is 0 Å². The third kappa shape index (κ3) is 3.16. The topological polar surface area (TPSA) is 78.3 Å². The van der Waals surface area contributed by atoms with Crippen LogP contribution in [0.4, 0.5) is 11.4 Å². The van der Waals surface area contributed by atoms with E-state index in [1.165, 1.54) is 6.07 Å². The van der Waals surface area contributed by atoms with Crippen molar-refractivity contribution in [3.8, 4) is 0 Å². The van der Waals surface area contributed by atoms with Crippen LogP contribution in [0, 0.1) is 0 Å². The van der Waals surface area contributed by atoms with E-state index in [-0.39, 0.29) is 0 Å². The number of benzene rings is 1. The highest BCUT2D eigenvalue weighted by molar-refractivity contribution is 5.96. The maximum absolute atomic E-state index is 11.7. The van der Waals surface area contributed by atoms with Gasteiger partial charge in [0.25, 0.3) is 0 Å². The molecule has 0 spiro atoms. The first kappa shape index (κ1) is 11.4. The highest BCUT2D eigenvalue weighted by Crippen LogP contribution is 2.19. The van der Waals surface area contributed by atoms with Gasteiger partial charge in [0.1, 0.15) is 5.60 Å². The predicted molar refractivity (Wildman–Crippen MR) is 60.4 cm³/mol. The summed E-state index contributed by atoms with van der Waals surface area (Å²) in [7, 11) is 0. The Morgan fingerprint density at radius 1 is 1.27 bits per heavy atom. The third-order valence-electron chi connectivity index (χ3n) is 1.70. The highest BCUT2D eigenvalue weighted by Gasteiger charge is 2.19. The van der Waals surface area contributed by atoms with Crippen molar-refractivity contribution in [3.63, 3.8) is 0 Å². The molecule has 0 saturated heterocycles. The summed E-state index contributed by atoms with van der Waals surface area (Å²) in [5.41, 5.74) is 11.9. The molecule has 0 aromatic heterocycles. The number of anilines is 2. The Hall–Kier alpha value is -1.71. The van der Waals surface area contributed by atoms with Crippen LogP contribution in [0.3, 0.4) is 0 Å². The summed E-state index contributed by atoms with van der Waals surface area (Å²) in [4.78, 5) is 11.7. The molecule has 4 N–H and O–H groups in total. The first-order valence-corrected chi connectivity index (χ1v) is 4.68.